The van der Waals surface area contributed by atoms with Gasteiger partial charge in [0.25, 0.3) is 5.91 Å². The predicted molar refractivity (Wildman–Crippen MR) is 132 cm³/mol. The van der Waals surface area contributed by atoms with Gasteiger partial charge in [0, 0.05) is 17.1 Å². The van der Waals surface area contributed by atoms with Crippen LogP contribution < -0.4 is 5.73 Å². The number of carbonyl (C=O) groups is 1. The number of rotatable bonds is 4. The highest BCUT2D eigenvalue weighted by Crippen LogP contribution is 2.44. The monoisotopic (exact) mass is 490 g/mol. The molecular weight excluding hydrogens is 465 g/mol. The number of nitrogen functional groups attached to an aromatic ring is 1. The largest absolute Gasteiger partial charge is 0.417 e. The van der Waals surface area contributed by atoms with Gasteiger partial charge < -0.3 is 10.6 Å². The molecule has 0 saturated heterocycles. The Balaban J connectivity index is 1.54. The van der Waals surface area contributed by atoms with Gasteiger partial charge in [-0.2, -0.15) is 13.2 Å². The summed E-state index contributed by atoms with van der Waals surface area (Å²) in [5.41, 5.74) is 9.70. The Bertz CT molecular complexity index is 1450. The smallest absolute Gasteiger partial charge is 0.383 e. The van der Waals surface area contributed by atoms with Crippen LogP contribution in [0.1, 0.15) is 63.6 Å². The maximum atomic E-state index is 13.9. The van der Waals surface area contributed by atoms with Gasteiger partial charge in [-0.05, 0) is 72.4 Å². The number of halogens is 3. The van der Waals surface area contributed by atoms with E-state index in [0.717, 1.165) is 35.2 Å². The van der Waals surface area contributed by atoms with Crippen molar-refractivity contribution in [3.05, 3.63) is 100 Å². The van der Waals surface area contributed by atoms with E-state index < -0.39 is 11.7 Å². The number of nitrogens with two attached hydrogens (primary N) is 1. The minimum atomic E-state index is -4.47. The van der Waals surface area contributed by atoms with Crippen molar-refractivity contribution in [1.82, 2.24) is 14.9 Å². The minimum Gasteiger partial charge on any atom is -0.383 e. The second-order valence-corrected chi connectivity index (χ2v) is 9.35. The molecule has 2 atom stereocenters. The number of aryl methyl sites for hydroxylation is 1. The zero-order valence-electron chi connectivity index (χ0n) is 19.9. The maximum Gasteiger partial charge on any atom is 0.417 e. The van der Waals surface area contributed by atoms with Gasteiger partial charge >= 0.3 is 6.18 Å². The maximum absolute atomic E-state index is 13.9. The summed E-state index contributed by atoms with van der Waals surface area (Å²) in [5, 5.41) is 0.792. The molecule has 8 heteroatoms. The van der Waals surface area contributed by atoms with Gasteiger partial charge in [0.05, 0.1) is 29.4 Å². The molecule has 0 radical (unpaired) electrons. The number of alkyl halides is 3. The van der Waals surface area contributed by atoms with Gasteiger partial charge in [-0.3, -0.25) is 9.78 Å². The summed E-state index contributed by atoms with van der Waals surface area (Å²) in [6.45, 7) is 4.06. The summed E-state index contributed by atoms with van der Waals surface area (Å²) < 4.78 is 39.1. The van der Waals surface area contributed by atoms with E-state index in [2.05, 4.69) is 23.0 Å². The van der Waals surface area contributed by atoms with E-state index >= 15 is 0 Å². The molecule has 1 amide bonds. The van der Waals surface area contributed by atoms with Gasteiger partial charge in [-0.25, -0.2) is 4.98 Å². The fourth-order valence-corrected chi connectivity index (χ4v) is 4.93. The Labute approximate surface area is 206 Å². The Morgan fingerprint density at radius 3 is 2.53 bits per heavy atom. The summed E-state index contributed by atoms with van der Waals surface area (Å²) in [4.78, 5) is 24.1. The quantitative estimate of drug-likeness (QED) is 0.358. The molecule has 5 nitrogen and oxygen atoms in total. The number of aromatic nitrogens is 2. The summed E-state index contributed by atoms with van der Waals surface area (Å²) in [7, 11) is 0. The van der Waals surface area contributed by atoms with Gasteiger partial charge in [-0.1, -0.05) is 31.2 Å². The highest BCUT2D eigenvalue weighted by molar-refractivity contribution is 5.98. The van der Waals surface area contributed by atoms with Crippen molar-refractivity contribution in [1.29, 1.82) is 0 Å². The SMILES string of the molecule is Cc1cc2cc(C(=O)N(Cc3ccc(C(F)(F)F)cn3)[C@H]3C[C@@H](C)c4ccccc43)ccc2nc1N. The van der Waals surface area contributed by atoms with Crippen molar-refractivity contribution in [2.75, 3.05) is 5.73 Å². The second kappa shape index (κ2) is 8.93. The lowest BCUT2D eigenvalue weighted by Crippen LogP contribution is -2.34. The van der Waals surface area contributed by atoms with Crippen molar-refractivity contribution in [3.63, 3.8) is 0 Å². The van der Waals surface area contributed by atoms with Gasteiger partial charge in [0.15, 0.2) is 0 Å². The van der Waals surface area contributed by atoms with E-state index in [4.69, 9.17) is 5.73 Å². The topological polar surface area (TPSA) is 72.1 Å². The molecule has 1 aliphatic carbocycles. The first-order valence-corrected chi connectivity index (χ1v) is 11.7. The Hall–Kier alpha value is -3.94. The van der Waals surface area contributed by atoms with Crippen molar-refractivity contribution in [2.45, 2.75) is 44.9 Å². The Morgan fingerprint density at radius 1 is 1.08 bits per heavy atom. The highest BCUT2D eigenvalue weighted by Gasteiger charge is 2.36. The van der Waals surface area contributed by atoms with Gasteiger partial charge in [0.1, 0.15) is 5.82 Å². The van der Waals surface area contributed by atoms with Crippen LogP contribution in [0.25, 0.3) is 10.9 Å². The van der Waals surface area contributed by atoms with Crippen LogP contribution in [-0.4, -0.2) is 20.8 Å². The van der Waals surface area contributed by atoms with E-state index in [1.54, 1.807) is 23.1 Å². The number of amides is 1. The van der Waals surface area contributed by atoms with Crippen LogP contribution in [0.4, 0.5) is 19.0 Å². The van der Waals surface area contributed by atoms with Crippen LogP contribution >= 0.6 is 0 Å². The van der Waals surface area contributed by atoms with Crippen LogP contribution in [0.15, 0.2) is 66.9 Å². The second-order valence-electron chi connectivity index (χ2n) is 9.35. The minimum absolute atomic E-state index is 0.0831. The van der Waals surface area contributed by atoms with E-state index in [1.807, 2.05) is 31.2 Å². The number of benzene rings is 2. The lowest BCUT2D eigenvalue weighted by atomic mass is 10.0. The van der Waals surface area contributed by atoms with Crippen LogP contribution in [0, 0.1) is 6.92 Å². The molecule has 0 spiro atoms. The summed E-state index contributed by atoms with van der Waals surface area (Å²) in [6.07, 6.45) is -2.93. The van der Waals surface area contributed by atoms with E-state index in [9.17, 15) is 18.0 Å². The van der Waals surface area contributed by atoms with Gasteiger partial charge in [0.2, 0.25) is 0 Å². The number of nitrogens with zero attached hydrogens (tertiary/aromatic N) is 3. The first-order valence-electron chi connectivity index (χ1n) is 11.7. The van der Waals surface area contributed by atoms with Crippen LogP contribution in [0.5, 0.6) is 0 Å². The number of hydrogen-bond acceptors (Lipinski definition) is 4. The van der Waals surface area contributed by atoms with E-state index in [0.29, 0.717) is 22.6 Å². The molecule has 2 aromatic carbocycles. The number of hydrogen-bond donors (Lipinski definition) is 1. The zero-order valence-corrected chi connectivity index (χ0v) is 19.9. The average molecular weight is 491 g/mol. The molecule has 2 aromatic heterocycles. The third-order valence-corrected chi connectivity index (χ3v) is 6.88. The molecule has 4 aromatic rings. The van der Waals surface area contributed by atoms with E-state index in [-0.39, 0.29) is 24.4 Å². The Kier molecular flexibility index (Phi) is 5.90. The molecule has 0 unspecified atom stereocenters. The average Bonchev–Trinajstić information content (AvgIpc) is 3.18. The first-order chi connectivity index (χ1) is 17.1. The van der Waals surface area contributed by atoms with E-state index in [1.165, 1.54) is 11.6 Å². The number of carbonyl (C=O) groups excluding carboxylic acids is 1. The van der Waals surface area contributed by atoms with Gasteiger partial charge in [-0.15, -0.1) is 0 Å². The van der Waals surface area contributed by atoms with Crippen molar-refractivity contribution in [2.24, 2.45) is 0 Å². The van der Waals surface area contributed by atoms with Crippen LogP contribution in [0.2, 0.25) is 0 Å². The molecule has 2 heterocycles. The number of pyridine rings is 2. The Morgan fingerprint density at radius 2 is 1.83 bits per heavy atom. The molecule has 0 aliphatic heterocycles. The third-order valence-electron chi connectivity index (χ3n) is 6.88. The lowest BCUT2D eigenvalue weighted by molar-refractivity contribution is -0.137. The van der Waals surface area contributed by atoms with Crippen molar-refractivity contribution < 1.29 is 18.0 Å². The molecule has 0 fully saturated rings. The third kappa shape index (κ3) is 4.39. The molecule has 0 bridgehead atoms. The fraction of sp³-hybridized carbons (Fsp3) is 0.250. The summed E-state index contributed by atoms with van der Waals surface area (Å²) in [6, 6.07) is 17.3. The summed E-state index contributed by atoms with van der Waals surface area (Å²) in [5.74, 6) is 0.462. The standard InChI is InChI=1S/C28H25F3N4O/c1-16-12-25(23-6-4-3-5-22(16)23)35(15-21-9-8-20(14-33-21)28(29,30)31)27(36)18-7-10-24-19(13-18)11-17(2)26(32)34-24/h3-11,13-14,16,25H,12,15H2,1-2H3,(H2,32,34)/t16-,25+/m1/s1. The number of anilines is 1. The molecule has 1 aliphatic rings. The van der Waals surface area contributed by atoms with Crippen molar-refractivity contribution in [3.8, 4) is 0 Å². The molecule has 2 N–H and O–H groups in total. The molecule has 0 saturated carbocycles. The normalized spacial score (nSPS) is 17.2. The molecule has 36 heavy (non-hydrogen) atoms. The molecule has 184 valence electrons. The molecule has 5 rings (SSSR count). The first kappa shape index (κ1) is 23.8. The predicted octanol–water partition coefficient (Wildman–Crippen LogP) is 6.43. The van der Waals surface area contributed by atoms with Crippen LogP contribution in [-0.2, 0) is 12.7 Å². The number of fused-ring (bicyclic) bond motifs is 2. The lowest BCUT2D eigenvalue weighted by Gasteiger charge is -2.30. The molecular formula is C28H25F3N4O. The fourth-order valence-electron chi connectivity index (χ4n) is 4.93. The van der Waals surface area contributed by atoms with Crippen molar-refractivity contribution >= 4 is 22.6 Å². The zero-order chi connectivity index (χ0) is 25.6. The highest BCUT2D eigenvalue weighted by atomic mass is 19.4. The van der Waals surface area contributed by atoms with Crippen LogP contribution in [0.3, 0.4) is 0 Å². The summed E-state index contributed by atoms with van der Waals surface area (Å²) >= 11 is 0.